The molecule has 0 bridgehead atoms. The Morgan fingerprint density at radius 3 is 2.86 bits per heavy atom. The van der Waals surface area contributed by atoms with Gasteiger partial charge >= 0.3 is 6.09 Å². The van der Waals surface area contributed by atoms with Gasteiger partial charge < -0.3 is 15.3 Å². The molecule has 78 valence electrons. The number of rotatable bonds is 2. The number of piperidine rings is 1. The molecular formula is C9H14N2O3. The summed E-state index contributed by atoms with van der Waals surface area (Å²) in [5.74, 6) is -0.248. The van der Waals surface area contributed by atoms with Crippen molar-refractivity contribution in [3.63, 3.8) is 0 Å². The van der Waals surface area contributed by atoms with Gasteiger partial charge in [0.05, 0.1) is 0 Å². The summed E-state index contributed by atoms with van der Waals surface area (Å²) in [5, 5.41) is 11.4. The van der Waals surface area contributed by atoms with Gasteiger partial charge in [-0.2, -0.15) is 0 Å². The summed E-state index contributed by atoms with van der Waals surface area (Å²) in [6.45, 7) is 4.26. The zero-order valence-corrected chi connectivity index (χ0v) is 7.90. The van der Waals surface area contributed by atoms with Crippen LogP contribution in [0.3, 0.4) is 0 Å². The molecule has 0 aromatic carbocycles. The zero-order chi connectivity index (χ0) is 10.6. The largest absolute Gasteiger partial charge is 0.465 e. The van der Waals surface area contributed by atoms with Crippen LogP contribution in [0, 0.1) is 0 Å². The average Bonchev–Trinajstić information content (AvgIpc) is 2.18. The second-order valence-corrected chi connectivity index (χ2v) is 3.28. The van der Waals surface area contributed by atoms with Gasteiger partial charge in [0.15, 0.2) is 0 Å². The van der Waals surface area contributed by atoms with Crippen LogP contribution in [0.4, 0.5) is 4.79 Å². The Hall–Kier alpha value is -1.52. The van der Waals surface area contributed by atoms with Crippen molar-refractivity contribution in [1.82, 2.24) is 10.2 Å². The smallest absolute Gasteiger partial charge is 0.407 e. The first-order chi connectivity index (χ1) is 6.63. The van der Waals surface area contributed by atoms with Crippen LogP contribution in [0.2, 0.25) is 0 Å². The predicted molar refractivity (Wildman–Crippen MR) is 51.0 cm³/mol. The van der Waals surface area contributed by atoms with Gasteiger partial charge in [-0.3, -0.25) is 4.79 Å². The first kappa shape index (κ1) is 10.6. The van der Waals surface area contributed by atoms with E-state index in [0.29, 0.717) is 13.1 Å². The molecule has 0 aromatic heterocycles. The van der Waals surface area contributed by atoms with Crippen LogP contribution in [0.15, 0.2) is 12.7 Å². The van der Waals surface area contributed by atoms with E-state index >= 15 is 0 Å². The van der Waals surface area contributed by atoms with E-state index in [1.54, 1.807) is 0 Å². The highest BCUT2D eigenvalue weighted by Crippen LogP contribution is 2.09. The molecule has 1 aliphatic heterocycles. The Morgan fingerprint density at radius 1 is 1.57 bits per heavy atom. The van der Waals surface area contributed by atoms with E-state index in [1.807, 2.05) is 0 Å². The van der Waals surface area contributed by atoms with Crippen LogP contribution in [-0.2, 0) is 4.79 Å². The van der Waals surface area contributed by atoms with Crippen LogP contribution < -0.4 is 5.32 Å². The Labute approximate surface area is 82.4 Å². The van der Waals surface area contributed by atoms with Gasteiger partial charge in [-0.15, -0.1) is 0 Å². The van der Waals surface area contributed by atoms with E-state index in [2.05, 4.69) is 11.9 Å². The summed E-state index contributed by atoms with van der Waals surface area (Å²) in [6.07, 6.45) is 1.87. The van der Waals surface area contributed by atoms with E-state index in [1.165, 1.54) is 11.0 Å². The normalized spacial score (nSPS) is 21.4. The molecule has 0 aliphatic carbocycles. The molecule has 1 aliphatic rings. The van der Waals surface area contributed by atoms with Crippen molar-refractivity contribution in [2.45, 2.75) is 18.9 Å². The Kier molecular flexibility index (Phi) is 3.50. The van der Waals surface area contributed by atoms with Gasteiger partial charge in [0.1, 0.15) is 0 Å². The predicted octanol–water partition coefficient (Wildman–Crippen LogP) is 0.431. The molecule has 1 heterocycles. The van der Waals surface area contributed by atoms with Crippen molar-refractivity contribution in [2.75, 3.05) is 13.1 Å². The van der Waals surface area contributed by atoms with Crippen LogP contribution >= 0.6 is 0 Å². The lowest BCUT2D eigenvalue weighted by atomic mass is 10.1. The van der Waals surface area contributed by atoms with Crippen LogP contribution in [0.5, 0.6) is 0 Å². The van der Waals surface area contributed by atoms with Crippen LogP contribution in [0.25, 0.3) is 0 Å². The maximum absolute atomic E-state index is 11.0. The quantitative estimate of drug-likeness (QED) is 0.632. The summed E-state index contributed by atoms with van der Waals surface area (Å²) in [6, 6.07) is -0.0784. The van der Waals surface area contributed by atoms with E-state index in [4.69, 9.17) is 5.11 Å². The minimum Gasteiger partial charge on any atom is -0.465 e. The number of carboxylic acid groups (broad SMARTS) is 1. The molecule has 1 fully saturated rings. The number of carbonyl (C=O) groups is 2. The van der Waals surface area contributed by atoms with Gasteiger partial charge in [0.25, 0.3) is 0 Å². The van der Waals surface area contributed by atoms with Crippen molar-refractivity contribution < 1.29 is 14.7 Å². The number of carbonyl (C=O) groups excluding carboxylic acids is 1. The Balaban J connectivity index is 2.43. The summed E-state index contributed by atoms with van der Waals surface area (Å²) in [5.41, 5.74) is 0. The number of nitrogens with zero attached hydrogens (tertiary/aromatic N) is 1. The van der Waals surface area contributed by atoms with Crippen molar-refractivity contribution >= 4 is 12.0 Å². The van der Waals surface area contributed by atoms with E-state index in [0.717, 1.165) is 12.8 Å². The topological polar surface area (TPSA) is 69.6 Å². The monoisotopic (exact) mass is 198 g/mol. The van der Waals surface area contributed by atoms with Gasteiger partial charge in [0, 0.05) is 19.1 Å². The van der Waals surface area contributed by atoms with Gasteiger partial charge in [-0.25, -0.2) is 4.79 Å². The van der Waals surface area contributed by atoms with Gasteiger partial charge in [0.2, 0.25) is 5.91 Å². The molecule has 0 aromatic rings. The van der Waals surface area contributed by atoms with Crippen LogP contribution in [0.1, 0.15) is 12.8 Å². The van der Waals surface area contributed by atoms with Crippen molar-refractivity contribution in [2.24, 2.45) is 0 Å². The summed E-state index contributed by atoms with van der Waals surface area (Å²) in [4.78, 5) is 22.9. The third-order valence-corrected chi connectivity index (χ3v) is 2.22. The maximum atomic E-state index is 11.0. The van der Waals surface area contributed by atoms with Crippen molar-refractivity contribution in [3.8, 4) is 0 Å². The first-order valence-electron chi connectivity index (χ1n) is 4.54. The van der Waals surface area contributed by atoms with E-state index in [-0.39, 0.29) is 11.9 Å². The lowest BCUT2D eigenvalue weighted by Gasteiger charge is -2.30. The molecule has 0 radical (unpaired) electrons. The van der Waals surface area contributed by atoms with E-state index in [9.17, 15) is 9.59 Å². The molecule has 5 nitrogen and oxygen atoms in total. The number of likely N-dealkylation sites (tertiary alicyclic amines) is 1. The first-order valence-corrected chi connectivity index (χ1v) is 4.54. The number of amides is 2. The molecule has 1 rings (SSSR count). The minimum absolute atomic E-state index is 0.0784. The highest BCUT2D eigenvalue weighted by atomic mass is 16.4. The standard InChI is InChI=1S/C9H14N2O3/c1-2-8(12)10-7-4-3-5-11(6-7)9(13)14/h2,7H,1,3-6H2,(H,10,12)(H,13,14)/t7-/m1/s1. The molecule has 1 saturated heterocycles. The fraction of sp³-hybridized carbons (Fsp3) is 0.556. The molecule has 0 saturated carbocycles. The third kappa shape index (κ3) is 2.76. The molecule has 2 amide bonds. The summed E-state index contributed by atoms with van der Waals surface area (Å²) < 4.78 is 0. The maximum Gasteiger partial charge on any atom is 0.407 e. The molecular weight excluding hydrogens is 184 g/mol. The molecule has 5 heteroatoms. The minimum atomic E-state index is -0.928. The summed E-state index contributed by atoms with van der Waals surface area (Å²) in [7, 11) is 0. The number of hydrogen-bond donors (Lipinski definition) is 2. The van der Waals surface area contributed by atoms with E-state index < -0.39 is 6.09 Å². The third-order valence-electron chi connectivity index (χ3n) is 2.22. The SMILES string of the molecule is C=CC(=O)N[C@@H]1CCCN(C(=O)O)C1. The molecule has 1 atom stereocenters. The fourth-order valence-electron chi connectivity index (χ4n) is 1.53. The molecule has 0 spiro atoms. The lowest BCUT2D eigenvalue weighted by Crippen LogP contribution is -2.48. The number of nitrogens with one attached hydrogen (secondary N) is 1. The second kappa shape index (κ2) is 4.64. The molecule has 14 heavy (non-hydrogen) atoms. The lowest BCUT2D eigenvalue weighted by molar-refractivity contribution is -0.117. The fourth-order valence-corrected chi connectivity index (χ4v) is 1.53. The van der Waals surface area contributed by atoms with Crippen molar-refractivity contribution in [1.29, 1.82) is 0 Å². The number of hydrogen-bond acceptors (Lipinski definition) is 2. The highest BCUT2D eigenvalue weighted by Gasteiger charge is 2.23. The van der Waals surface area contributed by atoms with Crippen molar-refractivity contribution in [3.05, 3.63) is 12.7 Å². The highest BCUT2D eigenvalue weighted by molar-refractivity contribution is 5.87. The van der Waals surface area contributed by atoms with Gasteiger partial charge in [-0.05, 0) is 18.9 Å². The average molecular weight is 198 g/mol. The van der Waals surface area contributed by atoms with Gasteiger partial charge in [-0.1, -0.05) is 6.58 Å². The zero-order valence-electron chi connectivity index (χ0n) is 7.90. The Morgan fingerprint density at radius 2 is 2.29 bits per heavy atom. The Bertz CT molecular complexity index is 252. The molecule has 0 unspecified atom stereocenters. The second-order valence-electron chi connectivity index (χ2n) is 3.28. The van der Waals surface area contributed by atoms with Crippen LogP contribution in [-0.4, -0.2) is 41.1 Å². The molecule has 2 N–H and O–H groups in total. The summed E-state index contributed by atoms with van der Waals surface area (Å²) >= 11 is 0.